The van der Waals surface area contributed by atoms with Gasteiger partial charge in [-0.15, -0.1) is 0 Å². The molecule has 0 atom stereocenters. The van der Waals surface area contributed by atoms with Crippen LogP contribution >= 0.6 is 0 Å². The Morgan fingerprint density at radius 2 is 2.00 bits per heavy atom. The van der Waals surface area contributed by atoms with Gasteiger partial charge in [0.05, 0.1) is 25.9 Å². The molecule has 0 saturated heterocycles. The highest BCUT2D eigenvalue weighted by Crippen LogP contribution is 2.22. The summed E-state index contributed by atoms with van der Waals surface area (Å²) < 4.78 is 11.0. The van der Waals surface area contributed by atoms with Crippen molar-refractivity contribution in [3.63, 3.8) is 0 Å². The average molecular weight is 358 g/mol. The molecule has 0 spiro atoms. The maximum atomic E-state index is 5.81. The minimum atomic E-state index is -0.0446. The molecule has 142 valence electrons. The zero-order valence-corrected chi connectivity index (χ0v) is 16.4. The number of hydrogen-bond donors (Lipinski definition) is 2. The van der Waals surface area contributed by atoms with E-state index in [1.165, 1.54) is 0 Å². The summed E-state index contributed by atoms with van der Waals surface area (Å²) in [6.07, 6.45) is 1.79. The van der Waals surface area contributed by atoms with Crippen LogP contribution < -0.4 is 10.6 Å². The van der Waals surface area contributed by atoms with Crippen LogP contribution in [0.5, 0.6) is 0 Å². The van der Waals surface area contributed by atoms with Gasteiger partial charge < -0.3 is 19.8 Å². The predicted octanol–water partition coefficient (Wildman–Crippen LogP) is 3.37. The third-order valence-electron chi connectivity index (χ3n) is 3.77. The summed E-state index contributed by atoms with van der Waals surface area (Å²) in [5.74, 6) is 2.27. The van der Waals surface area contributed by atoms with E-state index in [9.17, 15) is 0 Å². The lowest BCUT2D eigenvalue weighted by molar-refractivity contribution is 0.185. The fourth-order valence-corrected chi connectivity index (χ4v) is 2.39. The Morgan fingerprint density at radius 1 is 1.23 bits per heavy atom. The molecule has 2 N–H and O–H groups in total. The molecule has 1 aromatic heterocycles. The SMILES string of the molecule is CCNC(=NCc1cccc(COC)c1)NCc1ncc(C(C)(C)C)o1. The molecule has 6 heteroatoms. The summed E-state index contributed by atoms with van der Waals surface area (Å²) in [6.45, 7) is 10.8. The Bertz CT molecular complexity index is 717. The second-order valence-corrected chi connectivity index (χ2v) is 7.17. The first-order valence-electron chi connectivity index (χ1n) is 8.96. The Labute approximate surface area is 156 Å². The Morgan fingerprint density at radius 3 is 2.65 bits per heavy atom. The molecule has 2 aromatic rings. The van der Waals surface area contributed by atoms with Gasteiger partial charge in [-0.1, -0.05) is 45.0 Å². The van der Waals surface area contributed by atoms with E-state index in [1.807, 2.05) is 13.0 Å². The summed E-state index contributed by atoms with van der Waals surface area (Å²) in [7, 11) is 1.70. The van der Waals surface area contributed by atoms with Crippen LogP contribution in [-0.4, -0.2) is 24.6 Å². The number of oxazole rings is 1. The van der Waals surface area contributed by atoms with Crippen LogP contribution in [0, 0.1) is 0 Å². The van der Waals surface area contributed by atoms with Crippen LogP contribution in [0.3, 0.4) is 0 Å². The first-order valence-corrected chi connectivity index (χ1v) is 8.96. The van der Waals surface area contributed by atoms with E-state index in [0.29, 0.717) is 25.6 Å². The zero-order valence-electron chi connectivity index (χ0n) is 16.4. The molecule has 0 radical (unpaired) electrons. The fraction of sp³-hybridized carbons (Fsp3) is 0.500. The minimum Gasteiger partial charge on any atom is -0.443 e. The Kier molecular flexibility index (Phi) is 7.21. The van der Waals surface area contributed by atoms with Gasteiger partial charge in [-0.25, -0.2) is 9.98 Å². The summed E-state index contributed by atoms with van der Waals surface area (Å²) >= 11 is 0. The Hall–Kier alpha value is -2.34. The molecule has 0 unspecified atom stereocenters. The normalized spacial score (nSPS) is 12.3. The molecule has 26 heavy (non-hydrogen) atoms. The third kappa shape index (κ3) is 6.19. The smallest absolute Gasteiger partial charge is 0.213 e. The molecule has 0 bridgehead atoms. The van der Waals surface area contributed by atoms with Gasteiger partial charge in [0.15, 0.2) is 5.96 Å². The molecule has 0 fully saturated rings. The van der Waals surface area contributed by atoms with Gasteiger partial charge in [0, 0.05) is 19.1 Å². The van der Waals surface area contributed by atoms with E-state index >= 15 is 0 Å². The quantitative estimate of drug-likeness (QED) is 0.586. The predicted molar refractivity (Wildman–Crippen MR) is 104 cm³/mol. The van der Waals surface area contributed by atoms with Gasteiger partial charge in [0.25, 0.3) is 0 Å². The number of nitrogens with one attached hydrogen (secondary N) is 2. The molecule has 0 saturated carbocycles. The van der Waals surface area contributed by atoms with Crippen LogP contribution in [-0.2, 0) is 29.8 Å². The van der Waals surface area contributed by atoms with Crippen molar-refractivity contribution in [2.24, 2.45) is 4.99 Å². The molecule has 0 aliphatic rings. The molecule has 0 aliphatic carbocycles. The molecule has 0 aliphatic heterocycles. The van der Waals surface area contributed by atoms with Gasteiger partial charge in [-0.2, -0.15) is 0 Å². The first-order chi connectivity index (χ1) is 12.4. The van der Waals surface area contributed by atoms with Crippen molar-refractivity contribution in [3.05, 3.63) is 53.2 Å². The monoisotopic (exact) mass is 358 g/mol. The maximum Gasteiger partial charge on any atom is 0.213 e. The van der Waals surface area contributed by atoms with Gasteiger partial charge >= 0.3 is 0 Å². The number of aliphatic imine (C=N–C) groups is 1. The van der Waals surface area contributed by atoms with Crippen molar-refractivity contribution in [2.75, 3.05) is 13.7 Å². The highest BCUT2D eigenvalue weighted by molar-refractivity contribution is 5.79. The number of guanidine groups is 1. The summed E-state index contributed by atoms with van der Waals surface area (Å²) in [5.41, 5.74) is 2.24. The summed E-state index contributed by atoms with van der Waals surface area (Å²) in [4.78, 5) is 8.98. The van der Waals surface area contributed by atoms with Crippen LogP contribution in [0.1, 0.15) is 50.5 Å². The van der Waals surface area contributed by atoms with E-state index < -0.39 is 0 Å². The molecule has 1 heterocycles. The molecule has 6 nitrogen and oxygen atoms in total. The third-order valence-corrected chi connectivity index (χ3v) is 3.77. The number of aromatic nitrogens is 1. The Balaban J connectivity index is 1.98. The standard InChI is InChI=1S/C20H30N4O2/c1-6-21-19(23-11-15-8-7-9-16(10-15)14-25-5)24-13-18-22-12-17(26-18)20(2,3)4/h7-10,12H,6,11,13-14H2,1-5H3,(H2,21,23,24). The lowest BCUT2D eigenvalue weighted by Gasteiger charge is -2.13. The van der Waals surface area contributed by atoms with Crippen molar-refractivity contribution >= 4 is 5.96 Å². The van der Waals surface area contributed by atoms with E-state index in [0.717, 1.165) is 29.4 Å². The van der Waals surface area contributed by atoms with Gasteiger partial charge in [-0.05, 0) is 18.1 Å². The number of hydrogen-bond acceptors (Lipinski definition) is 4. The minimum absolute atomic E-state index is 0.0446. The summed E-state index contributed by atoms with van der Waals surface area (Å²) in [5, 5.41) is 6.51. The topological polar surface area (TPSA) is 71.7 Å². The van der Waals surface area contributed by atoms with Crippen molar-refractivity contribution in [1.82, 2.24) is 15.6 Å². The van der Waals surface area contributed by atoms with Gasteiger partial charge in [0.2, 0.25) is 5.89 Å². The highest BCUT2D eigenvalue weighted by Gasteiger charge is 2.19. The second kappa shape index (κ2) is 9.38. The van der Waals surface area contributed by atoms with Gasteiger partial charge in [-0.3, -0.25) is 0 Å². The number of ether oxygens (including phenoxy) is 1. The molecule has 0 amide bonds. The van der Waals surface area contributed by atoms with Crippen molar-refractivity contribution < 1.29 is 9.15 Å². The van der Waals surface area contributed by atoms with E-state index in [-0.39, 0.29) is 5.41 Å². The maximum absolute atomic E-state index is 5.81. The average Bonchev–Trinajstić information content (AvgIpc) is 3.07. The van der Waals surface area contributed by atoms with Crippen LogP contribution in [0.25, 0.3) is 0 Å². The van der Waals surface area contributed by atoms with E-state index in [2.05, 4.69) is 59.6 Å². The summed E-state index contributed by atoms with van der Waals surface area (Å²) in [6, 6.07) is 8.26. The fourth-order valence-electron chi connectivity index (χ4n) is 2.39. The highest BCUT2D eigenvalue weighted by atomic mass is 16.5. The van der Waals surface area contributed by atoms with Crippen LogP contribution in [0.4, 0.5) is 0 Å². The zero-order chi connectivity index (χ0) is 19.0. The number of rotatable bonds is 7. The number of nitrogens with zero attached hydrogens (tertiary/aromatic N) is 2. The van der Waals surface area contributed by atoms with Crippen LogP contribution in [0.15, 0.2) is 39.9 Å². The van der Waals surface area contributed by atoms with Crippen molar-refractivity contribution in [3.8, 4) is 0 Å². The molecule has 2 rings (SSSR count). The lowest BCUT2D eigenvalue weighted by atomic mass is 9.94. The first kappa shape index (κ1) is 20.0. The van der Waals surface area contributed by atoms with E-state index in [1.54, 1.807) is 13.3 Å². The van der Waals surface area contributed by atoms with E-state index in [4.69, 9.17) is 9.15 Å². The molecular formula is C20H30N4O2. The molecule has 1 aromatic carbocycles. The number of benzene rings is 1. The largest absolute Gasteiger partial charge is 0.443 e. The second-order valence-electron chi connectivity index (χ2n) is 7.17. The molecular weight excluding hydrogens is 328 g/mol. The van der Waals surface area contributed by atoms with Crippen LogP contribution in [0.2, 0.25) is 0 Å². The van der Waals surface area contributed by atoms with Crippen molar-refractivity contribution in [2.45, 2.75) is 52.8 Å². The number of methoxy groups -OCH3 is 1. The lowest BCUT2D eigenvalue weighted by Crippen LogP contribution is -2.36. The van der Waals surface area contributed by atoms with Crippen molar-refractivity contribution in [1.29, 1.82) is 0 Å². The van der Waals surface area contributed by atoms with Gasteiger partial charge in [0.1, 0.15) is 5.76 Å².